The molecule has 4 heterocycles. The molecule has 538 valence electrons. The molecule has 12 N–H and O–H groups in total. The number of nitrogens with one attached hydrogen (secondary N) is 6. The molecule has 0 fully saturated rings. The Kier molecular flexibility index (Phi) is 29.2. The lowest BCUT2D eigenvalue weighted by molar-refractivity contribution is -0.175. The second-order valence-corrected chi connectivity index (χ2v) is 26.5. The number of esters is 1. The van der Waals surface area contributed by atoms with Crippen molar-refractivity contribution in [2.45, 2.75) is 127 Å². The van der Waals surface area contributed by atoms with Crippen LogP contribution in [0.2, 0.25) is 0 Å². The highest BCUT2D eigenvalue weighted by molar-refractivity contribution is 8.76. The number of hydrogen-bond donors (Lipinski definition) is 11. The number of rotatable bonds is 41. The monoisotopic (exact) mass is 1450 g/mol. The summed E-state index contributed by atoms with van der Waals surface area (Å²) < 4.78 is 22.7. The Balaban J connectivity index is 0.885. The van der Waals surface area contributed by atoms with Gasteiger partial charge in [0, 0.05) is 79.1 Å². The molecule has 3 aromatic carbocycles. The molecule has 5 aromatic rings. The molecule has 0 radical (unpaired) electrons. The number of nitrogens with two attached hydrogens (primary N) is 1. The predicted octanol–water partition coefficient (Wildman–Crippen LogP) is 2.80. The quantitative estimate of drug-likeness (QED) is 0.00500. The van der Waals surface area contributed by atoms with Crippen molar-refractivity contribution in [2.75, 3.05) is 31.2 Å². The van der Waals surface area contributed by atoms with Crippen LogP contribution in [0.15, 0.2) is 102 Å². The van der Waals surface area contributed by atoms with Crippen molar-refractivity contribution in [3.8, 4) is 11.4 Å². The number of thiocarbonyl (C=S) groups is 1. The number of carboxylic acid groups (broad SMARTS) is 4. The zero-order valence-electron chi connectivity index (χ0n) is 54.4. The lowest BCUT2D eigenvalue weighted by Crippen LogP contribution is -2.53. The lowest BCUT2D eigenvalue weighted by atomic mass is 9.85. The summed E-state index contributed by atoms with van der Waals surface area (Å²) in [6.07, 6.45) is -6.43. The van der Waals surface area contributed by atoms with E-state index in [-0.39, 0.29) is 105 Å². The van der Waals surface area contributed by atoms with Crippen LogP contribution in [0.3, 0.4) is 0 Å². The van der Waals surface area contributed by atoms with E-state index < -0.39 is 157 Å². The van der Waals surface area contributed by atoms with E-state index in [9.17, 15) is 82.4 Å². The number of benzene rings is 3. The molecule has 2 aliphatic heterocycles. The van der Waals surface area contributed by atoms with Gasteiger partial charge in [-0.1, -0.05) is 107 Å². The molecular formula is C67H75N9O22S3. The Hall–Kier alpha value is -10.3. The first-order valence-electron chi connectivity index (χ1n) is 31.8. The zero-order valence-corrected chi connectivity index (χ0v) is 56.9. The summed E-state index contributed by atoms with van der Waals surface area (Å²) in [5, 5.41) is 54.1. The van der Waals surface area contributed by atoms with Gasteiger partial charge in [0.15, 0.2) is 22.9 Å². The standard InChI is InChI=1S/C67H75N9O22S3/c1-2-67(44-30-50-58-41(27-39-15-9-10-16-46(39)72-58)33-76(50)61(88)43(44)34-96-64(67)93)98-66(94)95-23-24-100-101-35-42(62(89)90)29-52(79)49(31-57(84)85)73-60(87)45(68)32-70-59(86)40(25-37-11-5-3-6-12-37)28-51(78)48(26-38-13-7-4-8-14-38)71-54(81)21-22-69-53(80)18-17-47(63(91)92)74-65(99)75-55(97-36-77)19-20-56(82)83/h3-16,27,30,36,40,42,45,47-49,55H,2,17-26,28-29,31-35,68H2,1H3,(H,69,80)(H,70,86)(H,71,81)(H,73,87)(H,82,83)(H,84,85)(H,89,90)(H,91,92)(H2,74,75,99)/t40-,42+,45+,47+,48+,49+,55-,67+/m1/s1. The summed E-state index contributed by atoms with van der Waals surface area (Å²) in [6.45, 7) is 0.355. The molecule has 0 aliphatic carbocycles. The number of nitrogens with zero attached hydrogens (tertiary/aromatic N) is 2. The van der Waals surface area contributed by atoms with E-state index in [4.69, 9.17) is 47.0 Å². The molecule has 34 heteroatoms. The first kappa shape index (κ1) is 78.0. The normalized spacial score (nSPS) is 15.4. The largest absolute Gasteiger partial charge is 0.509 e. The van der Waals surface area contributed by atoms with Gasteiger partial charge in [0.05, 0.1) is 59.9 Å². The fourth-order valence-corrected chi connectivity index (χ4v) is 13.4. The Morgan fingerprint density at radius 3 is 2.06 bits per heavy atom. The molecule has 0 bridgehead atoms. The van der Waals surface area contributed by atoms with Crippen LogP contribution in [-0.2, 0) is 108 Å². The van der Waals surface area contributed by atoms with Crippen LogP contribution in [0.25, 0.3) is 22.3 Å². The number of hydrogen-bond acceptors (Lipinski definition) is 23. The lowest BCUT2D eigenvalue weighted by Gasteiger charge is -2.35. The van der Waals surface area contributed by atoms with E-state index in [1.807, 2.05) is 30.3 Å². The minimum absolute atomic E-state index is 0.0196. The molecule has 2 aromatic heterocycles. The second kappa shape index (κ2) is 37.8. The van der Waals surface area contributed by atoms with Crippen molar-refractivity contribution in [2.24, 2.45) is 17.6 Å². The van der Waals surface area contributed by atoms with Crippen molar-refractivity contribution in [1.82, 2.24) is 41.5 Å². The van der Waals surface area contributed by atoms with Gasteiger partial charge in [0.2, 0.25) is 29.2 Å². The van der Waals surface area contributed by atoms with E-state index in [2.05, 4.69) is 31.9 Å². The van der Waals surface area contributed by atoms with Crippen molar-refractivity contribution in [1.29, 1.82) is 0 Å². The summed E-state index contributed by atoms with van der Waals surface area (Å²) in [5.74, 6) is -13.9. The zero-order chi connectivity index (χ0) is 73.3. The van der Waals surface area contributed by atoms with Crippen LogP contribution in [0.5, 0.6) is 0 Å². The van der Waals surface area contributed by atoms with E-state index >= 15 is 0 Å². The van der Waals surface area contributed by atoms with Gasteiger partial charge in [-0.25, -0.2) is 19.4 Å². The van der Waals surface area contributed by atoms with Crippen LogP contribution in [0.1, 0.15) is 92.5 Å². The topological polar surface area (TPSA) is 473 Å². The Labute approximate surface area is 589 Å². The number of aliphatic carboxylic acids is 4. The van der Waals surface area contributed by atoms with Crippen molar-refractivity contribution in [3.63, 3.8) is 0 Å². The highest BCUT2D eigenvalue weighted by Crippen LogP contribution is 2.41. The molecule has 8 atom stereocenters. The molecule has 2 aliphatic rings. The SMILES string of the molecule is CC[C@@]1(OC(=O)OCCSSC[C@H](CC(=O)[C@H](CC(=O)O)NC(=O)[C@@H](N)CNC(=O)[C@@H](CC(=O)[C@H](Cc2ccccc2)NC(=O)CCNC(=O)CC[C@H](NC(=S)N[C@@H](CCC(=O)O)OC=O)C(=O)O)Cc2ccccc2)C(=O)O)C(=O)OCc2c1cc1n(c2=O)Cc2cc3ccccc3nc2-1. The Morgan fingerprint density at radius 1 is 0.723 bits per heavy atom. The number of Topliss-reactive ketones (excluding diaryl/α,β-unsaturated/α-hetero) is 2. The maximum Gasteiger partial charge on any atom is 0.509 e. The van der Waals surface area contributed by atoms with E-state index in [0.29, 0.717) is 28.0 Å². The molecule has 4 amide bonds. The van der Waals surface area contributed by atoms with Gasteiger partial charge >= 0.3 is 36.0 Å². The number of carbonyl (C=O) groups excluding carboxylic acids is 9. The first-order valence-corrected chi connectivity index (χ1v) is 34.7. The number of para-hydroxylation sites is 1. The van der Waals surface area contributed by atoms with Gasteiger partial charge in [-0.3, -0.25) is 52.7 Å². The number of aromatic nitrogens is 2. The highest BCUT2D eigenvalue weighted by Gasteiger charge is 2.51. The molecule has 31 nitrogen and oxygen atoms in total. The summed E-state index contributed by atoms with van der Waals surface area (Å²) in [4.78, 5) is 186. The number of carbonyl (C=O) groups is 13. The molecular weight excluding hydrogens is 1380 g/mol. The van der Waals surface area contributed by atoms with Crippen molar-refractivity contribution < 1.29 is 102 Å². The number of ketones is 2. The average molecular weight is 1450 g/mol. The average Bonchev–Trinajstić information content (AvgIpc) is 1.66. The molecule has 0 saturated carbocycles. The molecule has 7 rings (SSSR count). The Morgan fingerprint density at radius 2 is 1.40 bits per heavy atom. The van der Waals surface area contributed by atoms with Crippen LogP contribution in [0.4, 0.5) is 4.79 Å². The third-order valence-electron chi connectivity index (χ3n) is 16.3. The third kappa shape index (κ3) is 22.6. The minimum atomic E-state index is -2.05. The van der Waals surface area contributed by atoms with Gasteiger partial charge < -0.3 is 81.6 Å². The summed E-state index contributed by atoms with van der Waals surface area (Å²) >= 11 is 5.09. The van der Waals surface area contributed by atoms with Gasteiger partial charge in [0.1, 0.15) is 25.3 Å². The Bertz CT molecular complexity index is 3980. The number of amides is 4. The number of pyridine rings is 2. The summed E-state index contributed by atoms with van der Waals surface area (Å²) in [7, 11) is 2.03. The van der Waals surface area contributed by atoms with Gasteiger partial charge in [-0.15, -0.1) is 0 Å². The summed E-state index contributed by atoms with van der Waals surface area (Å²) in [6, 6.07) is 22.1. The summed E-state index contributed by atoms with van der Waals surface area (Å²) in [5.41, 5.74) is 7.67. The van der Waals surface area contributed by atoms with Crippen molar-refractivity contribution >= 4 is 127 Å². The molecule has 0 spiro atoms. The van der Waals surface area contributed by atoms with Crippen LogP contribution in [-0.4, -0.2) is 174 Å². The highest BCUT2D eigenvalue weighted by atomic mass is 33.1. The number of cyclic esters (lactones) is 1. The van der Waals surface area contributed by atoms with Crippen molar-refractivity contribution in [3.05, 3.63) is 135 Å². The smallest absolute Gasteiger partial charge is 0.481 e. The fraction of sp³-hybridized carbons (Fsp3) is 0.403. The maximum absolute atomic E-state index is 14.3. The van der Waals surface area contributed by atoms with Crippen LogP contribution >= 0.6 is 33.8 Å². The molecule has 0 saturated heterocycles. The number of ether oxygens (including phenoxy) is 4. The van der Waals surface area contributed by atoms with E-state index in [0.717, 1.165) is 32.5 Å². The van der Waals surface area contributed by atoms with Crippen LogP contribution in [0, 0.1) is 11.8 Å². The minimum Gasteiger partial charge on any atom is -0.481 e. The predicted molar refractivity (Wildman–Crippen MR) is 366 cm³/mol. The van der Waals surface area contributed by atoms with E-state index in [1.165, 1.54) is 4.57 Å². The van der Waals surface area contributed by atoms with Gasteiger partial charge in [-0.05, 0) is 67.2 Å². The third-order valence-corrected chi connectivity index (χ3v) is 19.0. The molecule has 101 heavy (non-hydrogen) atoms. The van der Waals surface area contributed by atoms with Gasteiger partial charge in [-0.2, -0.15) is 0 Å². The second-order valence-electron chi connectivity index (χ2n) is 23.4. The number of fused-ring (bicyclic) bond motifs is 5. The first-order chi connectivity index (χ1) is 48.3. The fourth-order valence-electron chi connectivity index (χ4n) is 11.0. The molecule has 0 unspecified atom stereocenters. The van der Waals surface area contributed by atoms with Gasteiger partial charge in [0.25, 0.3) is 12.0 Å². The maximum atomic E-state index is 14.3. The number of carboxylic acids is 4. The van der Waals surface area contributed by atoms with E-state index in [1.54, 1.807) is 73.7 Å². The van der Waals surface area contributed by atoms with Crippen LogP contribution < -0.4 is 43.2 Å².